The number of hydrogen-bond acceptors (Lipinski definition) is 2. The normalized spacial score (nSPS) is 10.8. The summed E-state index contributed by atoms with van der Waals surface area (Å²) in [6.07, 6.45) is 3.15. The van der Waals surface area contributed by atoms with Gasteiger partial charge in [-0.05, 0) is 31.0 Å². The van der Waals surface area contributed by atoms with Crippen LogP contribution in [0.3, 0.4) is 0 Å². The van der Waals surface area contributed by atoms with E-state index in [9.17, 15) is 4.79 Å². The van der Waals surface area contributed by atoms with Gasteiger partial charge < -0.3 is 16.0 Å². The van der Waals surface area contributed by atoms with Crippen LogP contribution in [0.15, 0.2) is 24.4 Å². The smallest absolute Gasteiger partial charge is 0.224 e. The Kier molecular flexibility index (Phi) is 3.99. The molecule has 1 aromatic carbocycles. The Morgan fingerprint density at radius 1 is 1.44 bits per heavy atom. The first-order chi connectivity index (χ1) is 8.72. The number of carbonyl (C=O) groups is 1. The number of para-hydroxylation sites is 1. The van der Waals surface area contributed by atoms with Crippen molar-refractivity contribution in [3.8, 4) is 0 Å². The summed E-state index contributed by atoms with van der Waals surface area (Å²) in [6, 6.07) is 6.12. The molecule has 1 aromatic heterocycles. The maximum Gasteiger partial charge on any atom is 0.224 e. The molecule has 4 nitrogen and oxygen atoms in total. The molecule has 2 rings (SSSR count). The van der Waals surface area contributed by atoms with Crippen LogP contribution < -0.4 is 11.1 Å². The topological polar surface area (TPSA) is 70.9 Å². The van der Waals surface area contributed by atoms with Crippen molar-refractivity contribution in [1.29, 1.82) is 0 Å². The molecule has 0 saturated heterocycles. The third-order valence-corrected chi connectivity index (χ3v) is 3.06. The Bertz CT molecular complexity index is 545. The zero-order chi connectivity index (χ0) is 13.0. The fourth-order valence-corrected chi connectivity index (χ4v) is 2.08. The van der Waals surface area contributed by atoms with E-state index in [1.165, 1.54) is 5.56 Å². The minimum atomic E-state index is 0.0471. The van der Waals surface area contributed by atoms with Crippen LogP contribution in [0.25, 0.3) is 10.9 Å². The molecule has 18 heavy (non-hydrogen) atoms. The second kappa shape index (κ2) is 5.69. The first-order valence-corrected chi connectivity index (χ1v) is 6.24. The van der Waals surface area contributed by atoms with Crippen LogP contribution in [0.2, 0.25) is 0 Å². The number of aromatic nitrogens is 1. The van der Waals surface area contributed by atoms with Gasteiger partial charge in [-0.3, -0.25) is 4.79 Å². The van der Waals surface area contributed by atoms with Crippen LogP contribution in [-0.4, -0.2) is 24.0 Å². The van der Waals surface area contributed by atoms with Gasteiger partial charge in [-0.1, -0.05) is 18.2 Å². The molecule has 0 bridgehead atoms. The molecule has 0 unspecified atom stereocenters. The van der Waals surface area contributed by atoms with Gasteiger partial charge in [0, 0.05) is 23.6 Å². The van der Waals surface area contributed by atoms with Gasteiger partial charge in [0.25, 0.3) is 0 Å². The van der Waals surface area contributed by atoms with Gasteiger partial charge in [0.15, 0.2) is 0 Å². The molecule has 0 aliphatic carbocycles. The Balaban J connectivity index is 2.08. The van der Waals surface area contributed by atoms with E-state index in [0.29, 0.717) is 19.5 Å². The Morgan fingerprint density at radius 2 is 2.28 bits per heavy atom. The van der Waals surface area contributed by atoms with Crippen molar-refractivity contribution in [2.75, 3.05) is 13.1 Å². The summed E-state index contributed by atoms with van der Waals surface area (Å²) in [7, 11) is 0. The highest BCUT2D eigenvalue weighted by atomic mass is 16.1. The van der Waals surface area contributed by atoms with Crippen LogP contribution in [-0.2, 0) is 11.2 Å². The van der Waals surface area contributed by atoms with Gasteiger partial charge in [-0.15, -0.1) is 0 Å². The van der Waals surface area contributed by atoms with Crippen LogP contribution in [0.4, 0.5) is 0 Å². The first-order valence-electron chi connectivity index (χ1n) is 6.24. The van der Waals surface area contributed by atoms with Crippen LogP contribution >= 0.6 is 0 Å². The molecular formula is C14H19N3O. The lowest BCUT2D eigenvalue weighted by molar-refractivity contribution is -0.120. The lowest BCUT2D eigenvalue weighted by Gasteiger charge is -2.03. The van der Waals surface area contributed by atoms with Crippen molar-refractivity contribution < 1.29 is 4.79 Å². The lowest BCUT2D eigenvalue weighted by Crippen LogP contribution is -2.27. The Hall–Kier alpha value is -1.81. The molecule has 0 aliphatic rings. The molecule has 0 fully saturated rings. The average molecular weight is 245 g/mol. The summed E-state index contributed by atoms with van der Waals surface area (Å²) in [5.74, 6) is 0.0471. The largest absolute Gasteiger partial charge is 0.361 e. The molecule has 2 aromatic rings. The number of fused-ring (bicyclic) bond motifs is 1. The quantitative estimate of drug-likeness (QED) is 0.698. The van der Waals surface area contributed by atoms with E-state index in [4.69, 9.17) is 5.73 Å². The minimum Gasteiger partial charge on any atom is -0.361 e. The van der Waals surface area contributed by atoms with Gasteiger partial charge in [0.2, 0.25) is 5.91 Å². The van der Waals surface area contributed by atoms with Crippen LogP contribution in [0.1, 0.15) is 17.5 Å². The predicted octanol–water partition coefficient (Wildman–Crippen LogP) is 1.48. The summed E-state index contributed by atoms with van der Waals surface area (Å²) in [4.78, 5) is 15.0. The van der Waals surface area contributed by atoms with Gasteiger partial charge >= 0.3 is 0 Å². The van der Waals surface area contributed by atoms with Crippen molar-refractivity contribution in [2.24, 2.45) is 5.73 Å². The summed E-state index contributed by atoms with van der Waals surface area (Å²) in [6.45, 7) is 3.31. The predicted molar refractivity (Wildman–Crippen MR) is 73.4 cm³/mol. The van der Waals surface area contributed by atoms with Crippen LogP contribution in [0, 0.1) is 6.92 Å². The van der Waals surface area contributed by atoms with E-state index in [1.54, 1.807) is 0 Å². The zero-order valence-electron chi connectivity index (χ0n) is 10.6. The zero-order valence-corrected chi connectivity index (χ0v) is 10.6. The number of nitrogens with two attached hydrogens (primary N) is 1. The lowest BCUT2D eigenvalue weighted by atomic mass is 10.1. The number of aromatic amines is 1. The van der Waals surface area contributed by atoms with E-state index in [2.05, 4.69) is 23.3 Å². The Morgan fingerprint density at radius 3 is 3.06 bits per heavy atom. The van der Waals surface area contributed by atoms with Crippen molar-refractivity contribution in [1.82, 2.24) is 10.3 Å². The maximum absolute atomic E-state index is 11.7. The Labute approximate surface area is 107 Å². The standard InChI is InChI=1S/C14H19N3O/c1-10-4-2-5-12-11(9-17-14(10)12)8-13(18)16-7-3-6-15/h2,4-5,9,17H,3,6-8,15H2,1H3,(H,16,18). The second-order valence-electron chi connectivity index (χ2n) is 4.48. The number of rotatable bonds is 5. The van der Waals surface area contributed by atoms with Crippen molar-refractivity contribution >= 4 is 16.8 Å². The van der Waals surface area contributed by atoms with E-state index in [-0.39, 0.29) is 5.91 Å². The van der Waals surface area contributed by atoms with Crippen molar-refractivity contribution in [3.63, 3.8) is 0 Å². The number of H-pyrrole nitrogens is 1. The monoisotopic (exact) mass is 245 g/mol. The first kappa shape index (κ1) is 12.6. The molecule has 0 spiro atoms. The highest BCUT2D eigenvalue weighted by Crippen LogP contribution is 2.21. The molecule has 0 atom stereocenters. The van der Waals surface area contributed by atoms with E-state index < -0.39 is 0 Å². The second-order valence-corrected chi connectivity index (χ2v) is 4.48. The fourth-order valence-electron chi connectivity index (χ4n) is 2.08. The van der Waals surface area contributed by atoms with Gasteiger partial charge in [0.05, 0.1) is 6.42 Å². The highest BCUT2D eigenvalue weighted by molar-refractivity contribution is 5.90. The molecule has 1 heterocycles. The number of aryl methyl sites for hydroxylation is 1. The molecule has 4 heteroatoms. The fraction of sp³-hybridized carbons (Fsp3) is 0.357. The third kappa shape index (κ3) is 2.71. The highest BCUT2D eigenvalue weighted by Gasteiger charge is 2.09. The molecule has 1 amide bonds. The minimum absolute atomic E-state index is 0.0471. The van der Waals surface area contributed by atoms with Gasteiger partial charge in [-0.25, -0.2) is 0 Å². The summed E-state index contributed by atoms with van der Waals surface area (Å²) >= 11 is 0. The average Bonchev–Trinajstić information content (AvgIpc) is 2.74. The number of benzene rings is 1. The summed E-state index contributed by atoms with van der Waals surface area (Å²) in [5, 5.41) is 4.00. The molecule has 96 valence electrons. The van der Waals surface area contributed by atoms with Gasteiger partial charge in [-0.2, -0.15) is 0 Å². The van der Waals surface area contributed by atoms with Crippen molar-refractivity contribution in [2.45, 2.75) is 19.8 Å². The van der Waals surface area contributed by atoms with Crippen molar-refractivity contribution in [3.05, 3.63) is 35.5 Å². The maximum atomic E-state index is 11.7. The molecule has 0 aliphatic heterocycles. The SMILES string of the molecule is Cc1cccc2c(CC(=O)NCCCN)c[nH]c12. The van der Waals surface area contributed by atoms with Gasteiger partial charge in [0.1, 0.15) is 0 Å². The number of nitrogens with one attached hydrogen (secondary N) is 2. The van der Waals surface area contributed by atoms with E-state index in [0.717, 1.165) is 22.9 Å². The summed E-state index contributed by atoms with van der Waals surface area (Å²) in [5.41, 5.74) is 8.74. The molecular weight excluding hydrogens is 226 g/mol. The summed E-state index contributed by atoms with van der Waals surface area (Å²) < 4.78 is 0. The molecule has 0 saturated carbocycles. The molecule has 4 N–H and O–H groups in total. The number of hydrogen-bond donors (Lipinski definition) is 3. The van der Waals surface area contributed by atoms with E-state index >= 15 is 0 Å². The number of carbonyl (C=O) groups excluding carboxylic acids is 1. The molecule has 0 radical (unpaired) electrons. The van der Waals surface area contributed by atoms with E-state index in [1.807, 2.05) is 18.3 Å². The number of amides is 1. The van der Waals surface area contributed by atoms with Crippen LogP contribution in [0.5, 0.6) is 0 Å². The third-order valence-electron chi connectivity index (χ3n) is 3.06.